The second-order valence-electron chi connectivity index (χ2n) is 7.41. The van der Waals surface area contributed by atoms with Gasteiger partial charge in [0, 0.05) is 31.8 Å². The van der Waals surface area contributed by atoms with Crippen molar-refractivity contribution >= 4 is 5.91 Å². The number of methoxy groups -OCH3 is 1. The fraction of sp³-hybridized carbons (Fsp3) is 0.619. The van der Waals surface area contributed by atoms with Gasteiger partial charge < -0.3 is 29.5 Å². The number of hydrogen-bond donors (Lipinski definition) is 2. The summed E-state index contributed by atoms with van der Waals surface area (Å²) in [6, 6.07) is 5.53. The monoisotopic (exact) mass is 403 g/mol. The third-order valence-electron chi connectivity index (χ3n) is 5.42. The van der Waals surface area contributed by atoms with Crippen molar-refractivity contribution in [3.8, 4) is 23.3 Å². The zero-order valence-electron chi connectivity index (χ0n) is 16.9. The molecule has 8 nitrogen and oxygen atoms in total. The molecule has 158 valence electrons. The Morgan fingerprint density at radius 1 is 1.38 bits per heavy atom. The Balaban J connectivity index is 1.58. The molecule has 3 rings (SSSR count). The Bertz CT molecular complexity index is 749. The lowest BCUT2D eigenvalue weighted by Gasteiger charge is -2.36. The summed E-state index contributed by atoms with van der Waals surface area (Å²) in [6.07, 6.45) is 2.38. The van der Waals surface area contributed by atoms with Gasteiger partial charge in [0.1, 0.15) is 0 Å². The molecule has 0 unspecified atom stereocenters. The van der Waals surface area contributed by atoms with Crippen LogP contribution in [0.15, 0.2) is 12.1 Å². The number of nitrogens with one attached hydrogen (secondary N) is 1. The van der Waals surface area contributed by atoms with Gasteiger partial charge in [0.25, 0.3) is 5.91 Å². The average molecular weight is 403 g/mol. The van der Waals surface area contributed by atoms with Crippen LogP contribution < -0.4 is 19.5 Å². The fourth-order valence-electron chi connectivity index (χ4n) is 3.76. The summed E-state index contributed by atoms with van der Waals surface area (Å²) in [6.45, 7) is 3.63. The number of benzene rings is 1. The highest BCUT2D eigenvalue weighted by Crippen LogP contribution is 2.41. The van der Waals surface area contributed by atoms with E-state index in [1.807, 2.05) is 0 Å². The fourth-order valence-corrected chi connectivity index (χ4v) is 3.76. The highest BCUT2D eigenvalue weighted by molar-refractivity contribution is 5.98. The molecule has 2 aliphatic rings. The molecular formula is C21H29N3O5. The van der Waals surface area contributed by atoms with Crippen molar-refractivity contribution < 1.29 is 24.1 Å². The number of fused-ring (bicyclic) bond motifs is 1. The Labute approximate surface area is 171 Å². The minimum atomic E-state index is -0.501. The van der Waals surface area contributed by atoms with E-state index < -0.39 is 6.10 Å². The number of hydrogen-bond acceptors (Lipinski definition) is 7. The topological polar surface area (TPSA) is 104 Å². The zero-order chi connectivity index (χ0) is 20.6. The Kier molecular flexibility index (Phi) is 7.55. The molecule has 2 atom stereocenters. The smallest absolute Gasteiger partial charge is 0.255 e. The number of amides is 1. The summed E-state index contributed by atoms with van der Waals surface area (Å²) in [7, 11) is 1.55. The molecule has 2 heterocycles. The van der Waals surface area contributed by atoms with Crippen LogP contribution in [0.2, 0.25) is 0 Å². The average Bonchev–Trinajstić information content (AvgIpc) is 2.98. The molecule has 0 aromatic heterocycles. The summed E-state index contributed by atoms with van der Waals surface area (Å²) in [4.78, 5) is 15.0. The third kappa shape index (κ3) is 5.31. The number of carbonyl (C=O) groups is 1. The number of likely N-dealkylation sites (tertiary alicyclic amines) is 1. The molecule has 0 saturated carbocycles. The first-order valence-corrected chi connectivity index (χ1v) is 10.2. The minimum Gasteiger partial charge on any atom is -0.493 e. The molecule has 2 N–H and O–H groups in total. The number of aliphatic hydroxyl groups excluding tert-OH is 1. The standard InChI is InChI=1S/C21H29N3O5/c1-27-18-6-5-16(19-20(18)29-12-4-11-28-19)21(26)23-13-15-7-10-24(14-17(15)25)9-3-2-8-22/h5-6,15,17,25H,2-4,7,9-14H2,1H3,(H,23,26)/t15-,17+/m0/s1. The first kappa shape index (κ1) is 21.2. The van der Waals surface area contributed by atoms with E-state index in [0.717, 1.165) is 32.4 Å². The molecule has 1 fully saturated rings. The first-order chi connectivity index (χ1) is 14.1. The number of aliphatic hydroxyl groups is 1. The summed E-state index contributed by atoms with van der Waals surface area (Å²) >= 11 is 0. The highest BCUT2D eigenvalue weighted by Gasteiger charge is 2.29. The summed E-state index contributed by atoms with van der Waals surface area (Å²) < 4.78 is 16.8. The van der Waals surface area contributed by atoms with Crippen molar-refractivity contribution in [1.82, 2.24) is 10.2 Å². The van der Waals surface area contributed by atoms with Crippen LogP contribution in [0.3, 0.4) is 0 Å². The predicted molar refractivity (Wildman–Crippen MR) is 106 cm³/mol. The van der Waals surface area contributed by atoms with Gasteiger partial charge >= 0.3 is 0 Å². The summed E-state index contributed by atoms with van der Waals surface area (Å²) in [5.41, 5.74) is 0.408. The quantitative estimate of drug-likeness (QED) is 0.666. The van der Waals surface area contributed by atoms with Gasteiger partial charge in [-0.1, -0.05) is 0 Å². The Morgan fingerprint density at radius 3 is 2.90 bits per heavy atom. The number of piperidine rings is 1. The molecule has 0 aliphatic carbocycles. The first-order valence-electron chi connectivity index (χ1n) is 10.2. The van der Waals surface area contributed by atoms with Crippen LogP contribution in [0.5, 0.6) is 17.2 Å². The van der Waals surface area contributed by atoms with Crippen molar-refractivity contribution in [1.29, 1.82) is 5.26 Å². The maximum Gasteiger partial charge on any atom is 0.255 e. The summed E-state index contributed by atoms with van der Waals surface area (Å²) in [5.74, 6) is 1.16. The lowest BCUT2D eigenvalue weighted by atomic mass is 9.93. The van der Waals surface area contributed by atoms with E-state index in [0.29, 0.717) is 55.5 Å². The molecule has 8 heteroatoms. The number of carbonyl (C=O) groups excluding carboxylic acids is 1. The van der Waals surface area contributed by atoms with E-state index in [2.05, 4.69) is 16.3 Å². The number of nitrogens with zero attached hydrogens (tertiary/aromatic N) is 2. The van der Waals surface area contributed by atoms with Gasteiger partial charge in [0.05, 0.1) is 38.1 Å². The van der Waals surface area contributed by atoms with Crippen LogP contribution in [0.1, 0.15) is 36.0 Å². The van der Waals surface area contributed by atoms with Crippen molar-refractivity contribution in [2.75, 3.05) is 46.5 Å². The third-order valence-corrected chi connectivity index (χ3v) is 5.42. The number of rotatable bonds is 7. The van der Waals surface area contributed by atoms with Crippen LogP contribution in [0.4, 0.5) is 0 Å². The van der Waals surface area contributed by atoms with Gasteiger partial charge in [0.15, 0.2) is 11.5 Å². The van der Waals surface area contributed by atoms with Crippen LogP contribution >= 0.6 is 0 Å². The Morgan fingerprint density at radius 2 is 2.17 bits per heavy atom. The molecule has 0 radical (unpaired) electrons. The Hall–Kier alpha value is -2.50. The van der Waals surface area contributed by atoms with E-state index in [1.165, 1.54) is 0 Å². The van der Waals surface area contributed by atoms with Crippen LogP contribution in [-0.2, 0) is 0 Å². The lowest BCUT2D eigenvalue weighted by molar-refractivity contribution is 0.0219. The zero-order valence-corrected chi connectivity index (χ0v) is 16.9. The van der Waals surface area contributed by atoms with Gasteiger partial charge in [-0.3, -0.25) is 4.79 Å². The molecule has 1 aromatic carbocycles. The molecule has 0 spiro atoms. The van der Waals surface area contributed by atoms with Gasteiger partial charge in [-0.05, 0) is 38.1 Å². The largest absolute Gasteiger partial charge is 0.493 e. The van der Waals surface area contributed by atoms with Gasteiger partial charge in [0.2, 0.25) is 5.75 Å². The SMILES string of the molecule is COc1ccc(C(=O)NC[C@@H]2CCN(CCCC#N)C[C@H]2O)c2c1OCCCO2. The molecule has 2 aliphatic heterocycles. The number of unbranched alkanes of at least 4 members (excludes halogenated alkanes) is 1. The van der Waals surface area contributed by atoms with Crippen molar-refractivity contribution in [2.45, 2.75) is 31.8 Å². The molecule has 0 bridgehead atoms. The second kappa shape index (κ2) is 10.3. The van der Waals surface area contributed by atoms with Crippen molar-refractivity contribution in [3.63, 3.8) is 0 Å². The minimum absolute atomic E-state index is 0.000174. The van der Waals surface area contributed by atoms with Crippen LogP contribution in [-0.4, -0.2) is 68.5 Å². The number of ether oxygens (including phenoxy) is 3. The molecule has 1 aromatic rings. The normalized spacial score (nSPS) is 21.7. The molecular weight excluding hydrogens is 374 g/mol. The highest BCUT2D eigenvalue weighted by atomic mass is 16.5. The summed E-state index contributed by atoms with van der Waals surface area (Å²) in [5, 5.41) is 22.0. The van der Waals surface area contributed by atoms with E-state index in [9.17, 15) is 9.90 Å². The molecule has 1 amide bonds. The van der Waals surface area contributed by atoms with Gasteiger partial charge in [-0.15, -0.1) is 0 Å². The van der Waals surface area contributed by atoms with E-state index in [-0.39, 0.29) is 11.8 Å². The number of β-amino-alcohol motifs (C(OH)–C–C–N with tert-alkyl or cyclic N) is 1. The lowest BCUT2D eigenvalue weighted by Crippen LogP contribution is -2.47. The van der Waals surface area contributed by atoms with E-state index in [4.69, 9.17) is 19.5 Å². The maximum absolute atomic E-state index is 12.8. The van der Waals surface area contributed by atoms with Crippen molar-refractivity contribution in [2.24, 2.45) is 5.92 Å². The second-order valence-corrected chi connectivity index (χ2v) is 7.41. The number of nitriles is 1. The van der Waals surface area contributed by atoms with Gasteiger partial charge in [-0.2, -0.15) is 5.26 Å². The van der Waals surface area contributed by atoms with Gasteiger partial charge in [-0.25, -0.2) is 0 Å². The van der Waals surface area contributed by atoms with Crippen LogP contribution in [0.25, 0.3) is 0 Å². The molecule has 1 saturated heterocycles. The van der Waals surface area contributed by atoms with Crippen LogP contribution in [0, 0.1) is 17.2 Å². The van der Waals surface area contributed by atoms with E-state index >= 15 is 0 Å². The predicted octanol–water partition coefficient (Wildman–Crippen LogP) is 1.57. The maximum atomic E-state index is 12.8. The van der Waals surface area contributed by atoms with E-state index in [1.54, 1.807) is 19.2 Å². The van der Waals surface area contributed by atoms with Crippen molar-refractivity contribution in [3.05, 3.63) is 17.7 Å². The molecule has 29 heavy (non-hydrogen) atoms.